The predicted octanol–water partition coefficient (Wildman–Crippen LogP) is 2.04. The summed E-state index contributed by atoms with van der Waals surface area (Å²) >= 11 is 0. The van der Waals surface area contributed by atoms with Crippen LogP contribution in [0.4, 0.5) is 0 Å². The standard InChI is InChI=1S/C17H24N2O2/c1-13(20)19-16(15-9-5-6-10-15)17(21)18-12-11-14-7-3-2-4-8-14/h2-4,7-8,15-16H,5-6,9-12H2,1H3,(H,18,21)(H,19,20). The minimum Gasteiger partial charge on any atom is -0.354 e. The number of rotatable bonds is 6. The maximum absolute atomic E-state index is 12.3. The van der Waals surface area contributed by atoms with E-state index in [1.807, 2.05) is 18.2 Å². The van der Waals surface area contributed by atoms with Crippen molar-refractivity contribution in [2.75, 3.05) is 6.54 Å². The lowest BCUT2D eigenvalue weighted by Crippen LogP contribution is -2.50. The van der Waals surface area contributed by atoms with Crippen LogP contribution in [0.25, 0.3) is 0 Å². The van der Waals surface area contributed by atoms with Gasteiger partial charge in [-0.1, -0.05) is 43.2 Å². The van der Waals surface area contributed by atoms with Crippen molar-refractivity contribution in [1.29, 1.82) is 0 Å². The highest BCUT2D eigenvalue weighted by atomic mass is 16.2. The molecular weight excluding hydrogens is 264 g/mol. The van der Waals surface area contributed by atoms with Crippen LogP contribution in [-0.4, -0.2) is 24.4 Å². The average molecular weight is 288 g/mol. The summed E-state index contributed by atoms with van der Waals surface area (Å²) in [5.74, 6) is 0.101. The van der Waals surface area contributed by atoms with Crippen molar-refractivity contribution in [3.05, 3.63) is 35.9 Å². The van der Waals surface area contributed by atoms with Gasteiger partial charge in [0.15, 0.2) is 0 Å². The third-order valence-corrected chi connectivity index (χ3v) is 4.07. The zero-order valence-electron chi connectivity index (χ0n) is 12.6. The summed E-state index contributed by atoms with van der Waals surface area (Å²) in [6.45, 7) is 2.07. The Hall–Kier alpha value is -1.84. The fourth-order valence-corrected chi connectivity index (χ4v) is 2.99. The fourth-order valence-electron chi connectivity index (χ4n) is 2.99. The molecule has 4 heteroatoms. The van der Waals surface area contributed by atoms with Crippen LogP contribution in [-0.2, 0) is 16.0 Å². The second kappa shape index (κ2) is 7.81. The summed E-state index contributed by atoms with van der Waals surface area (Å²) in [5.41, 5.74) is 1.20. The first-order valence-corrected chi connectivity index (χ1v) is 7.75. The van der Waals surface area contributed by atoms with Gasteiger partial charge in [-0.25, -0.2) is 0 Å². The van der Waals surface area contributed by atoms with Crippen LogP contribution in [0, 0.1) is 5.92 Å². The van der Waals surface area contributed by atoms with E-state index in [1.54, 1.807) is 0 Å². The summed E-state index contributed by atoms with van der Waals surface area (Å²) in [6.07, 6.45) is 5.16. The minimum atomic E-state index is -0.374. The van der Waals surface area contributed by atoms with Gasteiger partial charge in [-0.2, -0.15) is 0 Å². The monoisotopic (exact) mass is 288 g/mol. The summed E-state index contributed by atoms with van der Waals surface area (Å²) in [6, 6.07) is 9.70. The van der Waals surface area contributed by atoms with E-state index < -0.39 is 0 Å². The lowest BCUT2D eigenvalue weighted by Gasteiger charge is -2.23. The van der Waals surface area contributed by atoms with Crippen molar-refractivity contribution in [2.45, 2.75) is 45.1 Å². The van der Waals surface area contributed by atoms with Crippen LogP contribution >= 0.6 is 0 Å². The van der Waals surface area contributed by atoms with Gasteiger partial charge in [-0.15, -0.1) is 0 Å². The molecule has 1 aromatic rings. The van der Waals surface area contributed by atoms with E-state index in [0.717, 1.165) is 32.1 Å². The Bertz CT molecular complexity index is 467. The molecule has 1 unspecified atom stereocenters. The number of benzene rings is 1. The zero-order valence-corrected chi connectivity index (χ0v) is 12.6. The molecule has 1 fully saturated rings. The van der Waals surface area contributed by atoms with E-state index in [-0.39, 0.29) is 23.8 Å². The second-order valence-corrected chi connectivity index (χ2v) is 5.75. The zero-order chi connectivity index (χ0) is 15.1. The number of carbonyl (C=O) groups excluding carboxylic acids is 2. The second-order valence-electron chi connectivity index (χ2n) is 5.75. The first-order valence-electron chi connectivity index (χ1n) is 7.75. The molecule has 2 rings (SSSR count). The summed E-state index contributed by atoms with van der Waals surface area (Å²) in [5, 5.41) is 5.78. The Morgan fingerprint density at radius 3 is 2.48 bits per heavy atom. The molecule has 1 aliphatic carbocycles. The molecule has 0 saturated heterocycles. The SMILES string of the molecule is CC(=O)NC(C(=O)NCCc1ccccc1)C1CCCC1. The fraction of sp³-hybridized carbons (Fsp3) is 0.529. The smallest absolute Gasteiger partial charge is 0.242 e. The number of nitrogens with one attached hydrogen (secondary N) is 2. The molecule has 0 radical (unpaired) electrons. The maximum Gasteiger partial charge on any atom is 0.242 e. The molecule has 21 heavy (non-hydrogen) atoms. The molecule has 0 aliphatic heterocycles. The van der Waals surface area contributed by atoms with Gasteiger partial charge in [0.1, 0.15) is 6.04 Å². The quantitative estimate of drug-likeness (QED) is 0.841. The van der Waals surface area contributed by atoms with Crippen LogP contribution in [0.3, 0.4) is 0 Å². The van der Waals surface area contributed by atoms with E-state index in [1.165, 1.54) is 12.5 Å². The van der Waals surface area contributed by atoms with Crippen LogP contribution in [0.1, 0.15) is 38.2 Å². The number of hydrogen-bond donors (Lipinski definition) is 2. The van der Waals surface area contributed by atoms with Crippen LogP contribution in [0.2, 0.25) is 0 Å². The lowest BCUT2D eigenvalue weighted by atomic mass is 9.97. The van der Waals surface area contributed by atoms with E-state index in [2.05, 4.69) is 22.8 Å². The van der Waals surface area contributed by atoms with Crippen LogP contribution in [0.15, 0.2) is 30.3 Å². The Morgan fingerprint density at radius 2 is 1.86 bits per heavy atom. The summed E-state index contributed by atoms with van der Waals surface area (Å²) in [4.78, 5) is 23.6. The minimum absolute atomic E-state index is 0.0481. The van der Waals surface area contributed by atoms with Crippen molar-refractivity contribution in [3.63, 3.8) is 0 Å². The number of carbonyl (C=O) groups is 2. The molecule has 0 aromatic heterocycles. The maximum atomic E-state index is 12.3. The van der Waals surface area contributed by atoms with Gasteiger partial charge >= 0.3 is 0 Å². The van der Waals surface area contributed by atoms with Crippen molar-refractivity contribution in [1.82, 2.24) is 10.6 Å². The Kier molecular flexibility index (Phi) is 5.78. The molecule has 1 saturated carbocycles. The molecule has 0 heterocycles. The number of amides is 2. The summed E-state index contributed by atoms with van der Waals surface area (Å²) < 4.78 is 0. The Morgan fingerprint density at radius 1 is 1.19 bits per heavy atom. The largest absolute Gasteiger partial charge is 0.354 e. The molecule has 1 atom stereocenters. The van der Waals surface area contributed by atoms with E-state index in [9.17, 15) is 9.59 Å². The third-order valence-electron chi connectivity index (χ3n) is 4.07. The molecule has 114 valence electrons. The molecule has 0 spiro atoms. The van der Waals surface area contributed by atoms with Gasteiger partial charge in [-0.3, -0.25) is 9.59 Å². The molecule has 1 aromatic carbocycles. The van der Waals surface area contributed by atoms with Crippen molar-refractivity contribution >= 4 is 11.8 Å². The highest BCUT2D eigenvalue weighted by Gasteiger charge is 2.30. The van der Waals surface area contributed by atoms with Gasteiger partial charge in [0.05, 0.1) is 0 Å². The lowest BCUT2D eigenvalue weighted by molar-refractivity contribution is -0.129. The molecule has 4 nitrogen and oxygen atoms in total. The van der Waals surface area contributed by atoms with Gasteiger partial charge < -0.3 is 10.6 Å². The Labute approximate surface area is 126 Å². The van der Waals surface area contributed by atoms with Gasteiger partial charge in [-0.05, 0) is 30.7 Å². The highest BCUT2D eigenvalue weighted by Crippen LogP contribution is 2.27. The average Bonchev–Trinajstić information content (AvgIpc) is 2.99. The third kappa shape index (κ3) is 4.88. The van der Waals surface area contributed by atoms with Gasteiger partial charge in [0, 0.05) is 13.5 Å². The first kappa shape index (κ1) is 15.5. The van der Waals surface area contributed by atoms with Gasteiger partial charge in [0.25, 0.3) is 0 Å². The molecule has 2 amide bonds. The number of hydrogen-bond acceptors (Lipinski definition) is 2. The van der Waals surface area contributed by atoms with Crippen LogP contribution in [0.5, 0.6) is 0 Å². The van der Waals surface area contributed by atoms with E-state index in [4.69, 9.17) is 0 Å². The summed E-state index contributed by atoms with van der Waals surface area (Å²) in [7, 11) is 0. The predicted molar refractivity (Wildman–Crippen MR) is 82.7 cm³/mol. The van der Waals surface area contributed by atoms with Crippen molar-refractivity contribution < 1.29 is 9.59 Å². The normalized spacial score (nSPS) is 16.4. The van der Waals surface area contributed by atoms with Crippen molar-refractivity contribution in [2.24, 2.45) is 5.92 Å². The van der Waals surface area contributed by atoms with Gasteiger partial charge in [0.2, 0.25) is 11.8 Å². The Balaban J connectivity index is 1.84. The van der Waals surface area contributed by atoms with Crippen molar-refractivity contribution in [3.8, 4) is 0 Å². The molecule has 0 bridgehead atoms. The molecular formula is C17H24N2O2. The molecule has 1 aliphatic rings. The van der Waals surface area contributed by atoms with E-state index in [0.29, 0.717) is 6.54 Å². The first-order chi connectivity index (χ1) is 10.2. The topological polar surface area (TPSA) is 58.2 Å². The highest BCUT2D eigenvalue weighted by molar-refractivity contribution is 5.87. The van der Waals surface area contributed by atoms with Crippen LogP contribution < -0.4 is 10.6 Å². The molecule has 2 N–H and O–H groups in total. The van der Waals surface area contributed by atoms with E-state index >= 15 is 0 Å².